The van der Waals surface area contributed by atoms with Crippen molar-refractivity contribution >= 4 is 5.91 Å². The van der Waals surface area contributed by atoms with Gasteiger partial charge in [0.15, 0.2) is 0 Å². The Bertz CT molecular complexity index is 472. The second-order valence-electron chi connectivity index (χ2n) is 4.95. The molecule has 1 fully saturated rings. The molecule has 1 aliphatic rings. The lowest BCUT2D eigenvalue weighted by molar-refractivity contribution is 0.0932. The van der Waals surface area contributed by atoms with E-state index in [2.05, 4.69) is 18.3 Å². The molecule has 1 aromatic carbocycles. The standard InChI is InChI=1S/C15H18N2O/c1-2-14(9-11-6-7-11)17-15(18)13-5-3-4-12(8-13)10-16/h3-5,8,11,14H,2,6-7,9H2,1H3,(H,17,18). The van der Waals surface area contributed by atoms with Crippen LogP contribution < -0.4 is 5.32 Å². The monoisotopic (exact) mass is 242 g/mol. The number of rotatable bonds is 5. The maximum absolute atomic E-state index is 12.1. The van der Waals surface area contributed by atoms with E-state index in [9.17, 15) is 4.79 Å². The second kappa shape index (κ2) is 5.68. The smallest absolute Gasteiger partial charge is 0.251 e. The number of benzene rings is 1. The molecular weight excluding hydrogens is 224 g/mol. The Morgan fingerprint density at radius 1 is 1.56 bits per heavy atom. The molecule has 1 atom stereocenters. The normalized spacial score (nSPS) is 15.8. The van der Waals surface area contributed by atoms with Crippen LogP contribution in [0.3, 0.4) is 0 Å². The van der Waals surface area contributed by atoms with Crippen LogP contribution in [-0.4, -0.2) is 11.9 Å². The van der Waals surface area contributed by atoms with Gasteiger partial charge in [-0.1, -0.05) is 25.8 Å². The van der Waals surface area contributed by atoms with E-state index < -0.39 is 0 Å². The van der Waals surface area contributed by atoms with Gasteiger partial charge in [-0.15, -0.1) is 0 Å². The van der Waals surface area contributed by atoms with E-state index in [1.54, 1.807) is 24.3 Å². The van der Waals surface area contributed by atoms with Crippen molar-refractivity contribution in [3.8, 4) is 6.07 Å². The SMILES string of the molecule is CCC(CC1CC1)NC(=O)c1cccc(C#N)c1. The van der Waals surface area contributed by atoms with Crippen LogP contribution >= 0.6 is 0 Å². The van der Waals surface area contributed by atoms with Crippen molar-refractivity contribution in [2.45, 2.75) is 38.6 Å². The fourth-order valence-electron chi connectivity index (χ4n) is 2.08. The van der Waals surface area contributed by atoms with Crippen LogP contribution in [0.2, 0.25) is 0 Å². The molecule has 1 aromatic rings. The van der Waals surface area contributed by atoms with Crippen LogP contribution in [-0.2, 0) is 0 Å². The van der Waals surface area contributed by atoms with Gasteiger partial charge in [-0.3, -0.25) is 4.79 Å². The molecule has 0 radical (unpaired) electrons. The molecule has 1 aliphatic carbocycles. The molecule has 1 N–H and O–H groups in total. The Labute approximate surface area is 108 Å². The minimum atomic E-state index is -0.0698. The van der Waals surface area contributed by atoms with Gasteiger partial charge in [0, 0.05) is 11.6 Å². The molecule has 2 rings (SSSR count). The Hall–Kier alpha value is -1.82. The lowest BCUT2D eigenvalue weighted by Gasteiger charge is -2.16. The zero-order valence-electron chi connectivity index (χ0n) is 10.6. The summed E-state index contributed by atoms with van der Waals surface area (Å²) in [6.45, 7) is 2.10. The first-order valence-corrected chi connectivity index (χ1v) is 6.54. The number of hydrogen-bond acceptors (Lipinski definition) is 2. The zero-order chi connectivity index (χ0) is 13.0. The number of nitrogens with one attached hydrogen (secondary N) is 1. The van der Waals surface area contributed by atoms with Crippen LogP contribution in [0.1, 0.15) is 48.5 Å². The summed E-state index contributed by atoms with van der Waals surface area (Å²) in [4.78, 5) is 12.1. The molecule has 18 heavy (non-hydrogen) atoms. The van der Waals surface area contributed by atoms with Crippen molar-refractivity contribution in [1.82, 2.24) is 5.32 Å². The van der Waals surface area contributed by atoms with E-state index in [4.69, 9.17) is 5.26 Å². The molecule has 3 heteroatoms. The molecule has 1 unspecified atom stereocenters. The first-order valence-electron chi connectivity index (χ1n) is 6.54. The van der Waals surface area contributed by atoms with E-state index in [1.165, 1.54) is 12.8 Å². The van der Waals surface area contributed by atoms with Crippen LogP contribution in [0.25, 0.3) is 0 Å². The largest absolute Gasteiger partial charge is 0.349 e. The topological polar surface area (TPSA) is 52.9 Å². The van der Waals surface area contributed by atoms with E-state index in [0.29, 0.717) is 11.1 Å². The average Bonchev–Trinajstić information content (AvgIpc) is 3.21. The lowest BCUT2D eigenvalue weighted by Crippen LogP contribution is -2.34. The second-order valence-corrected chi connectivity index (χ2v) is 4.95. The van der Waals surface area contributed by atoms with Crippen molar-refractivity contribution in [3.05, 3.63) is 35.4 Å². The van der Waals surface area contributed by atoms with Gasteiger partial charge < -0.3 is 5.32 Å². The molecular formula is C15H18N2O. The van der Waals surface area contributed by atoms with Crippen molar-refractivity contribution in [2.24, 2.45) is 5.92 Å². The molecule has 1 saturated carbocycles. The highest BCUT2D eigenvalue weighted by molar-refractivity contribution is 5.94. The summed E-state index contributed by atoms with van der Waals surface area (Å²) in [5.41, 5.74) is 1.10. The predicted octanol–water partition coefficient (Wildman–Crippen LogP) is 2.87. The van der Waals surface area contributed by atoms with E-state index >= 15 is 0 Å². The summed E-state index contributed by atoms with van der Waals surface area (Å²) in [6, 6.07) is 9.15. The minimum Gasteiger partial charge on any atom is -0.349 e. The van der Waals surface area contributed by atoms with Crippen molar-refractivity contribution in [1.29, 1.82) is 5.26 Å². The minimum absolute atomic E-state index is 0.0698. The molecule has 0 aromatic heterocycles. The first kappa shape index (κ1) is 12.6. The molecule has 0 saturated heterocycles. The van der Waals surface area contributed by atoms with Crippen molar-refractivity contribution in [2.75, 3.05) is 0 Å². The molecule has 0 bridgehead atoms. The first-order chi connectivity index (χ1) is 8.72. The van der Waals surface area contributed by atoms with Crippen LogP contribution in [0.5, 0.6) is 0 Å². The van der Waals surface area contributed by atoms with Gasteiger partial charge in [-0.05, 0) is 37.0 Å². The maximum Gasteiger partial charge on any atom is 0.251 e. The Balaban J connectivity index is 1.98. The van der Waals surface area contributed by atoms with Crippen LogP contribution in [0, 0.1) is 17.2 Å². The number of nitrogens with zero attached hydrogens (tertiary/aromatic N) is 1. The Kier molecular flexibility index (Phi) is 3.99. The van der Waals surface area contributed by atoms with Crippen molar-refractivity contribution < 1.29 is 4.79 Å². The van der Waals surface area contributed by atoms with E-state index in [0.717, 1.165) is 18.8 Å². The quantitative estimate of drug-likeness (QED) is 0.863. The predicted molar refractivity (Wildman–Crippen MR) is 70.0 cm³/mol. The fourth-order valence-corrected chi connectivity index (χ4v) is 2.08. The van der Waals surface area contributed by atoms with Gasteiger partial charge >= 0.3 is 0 Å². The van der Waals surface area contributed by atoms with Gasteiger partial charge in [0.25, 0.3) is 5.91 Å². The highest BCUT2D eigenvalue weighted by Crippen LogP contribution is 2.34. The number of hydrogen-bond donors (Lipinski definition) is 1. The summed E-state index contributed by atoms with van der Waals surface area (Å²) in [5, 5.41) is 11.9. The third kappa shape index (κ3) is 3.33. The molecule has 1 amide bonds. The zero-order valence-corrected chi connectivity index (χ0v) is 10.6. The van der Waals surface area contributed by atoms with Crippen LogP contribution in [0.15, 0.2) is 24.3 Å². The van der Waals surface area contributed by atoms with E-state index in [1.807, 2.05) is 0 Å². The summed E-state index contributed by atoms with van der Waals surface area (Å²) in [7, 11) is 0. The van der Waals surface area contributed by atoms with Gasteiger partial charge in [0.2, 0.25) is 0 Å². The van der Waals surface area contributed by atoms with Crippen LogP contribution in [0.4, 0.5) is 0 Å². The average molecular weight is 242 g/mol. The molecule has 0 aliphatic heterocycles. The fraction of sp³-hybridized carbons (Fsp3) is 0.467. The van der Waals surface area contributed by atoms with Gasteiger partial charge in [-0.25, -0.2) is 0 Å². The van der Waals surface area contributed by atoms with E-state index in [-0.39, 0.29) is 11.9 Å². The van der Waals surface area contributed by atoms with Gasteiger partial charge in [0.05, 0.1) is 11.6 Å². The number of carbonyl (C=O) groups is 1. The lowest BCUT2D eigenvalue weighted by atomic mass is 10.1. The summed E-state index contributed by atoms with van der Waals surface area (Å²) in [6.07, 6.45) is 4.65. The highest BCUT2D eigenvalue weighted by Gasteiger charge is 2.25. The maximum atomic E-state index is 12.1. The third-order valence-corrected chi connectivity index (χ3v) is 3.40. The molecule has 3 nitrogen and oxygen atoms in total. The summed E-state index contributed by atoms with van der Waals surface area (Å²) in [5.74, 6) is 0.736. The molecule has 0 spiro atoms. The molecule has 94 valence electrons. The summed E-state index contributed by atoms with van der Waals surface area (Å²) < 4.78 is 0. The Morgan fingerprint density at radius 3 is 2.94 bits per heavy atom. The van der Waals surface area contributed by atoms with Crippen molar-refractivity contribution in [3.63, 3.8) is 0 Å². The third-order valence-electron chi connectivity index (χ3n) is 3.40. The number of nitriles is 1. The number of amides is 1. The van der Waals surface area contributed by atoms with Gasteiger partial charge in [0.1, 0.15) is 0 Å². The Morgan fingerprint density at radius 2 is 2.33 bits per heavy atom. The molecule has 0 heterocycles. The van der Waals surface area contributed by atoms with Gasteiger partial charge in [-0.2, -0.15) is 5.26 Å². The number of carbonyl (C=O) groups excluding carboxylic acids is 1. The highest BCUT2D eigenvalue weighted by atomic mass is 16.1. The summed E-state index contributed by atoms with van der Waals surface area (Å²) >= 11 is 0.